The highest BCUT2D eigenvalue weighted by Crippen LogP contribution is 2.36. The van der Waals surface area contributed by atoms with Crippen LogP contribution in [0.3, 0.4) is 0 Å². The lowest BCUT2D eigenvalue weighted by molar-refractivity contribution is -0.149. The molecule has 0 aliphatic carbocycles. The Balaban J connectivity index is 1.71. The van der Waals surface area contributed by atoms with Crippen LogP contribution < -0.4 is 0 Å². The second-order valence-electron chi connectivity index (χ2n) is 6.75. The summed E-state index contributed by atoms with van der Waals surface area (Å²) in [5.74, 6) is -1.16. The maximum atomic E-state index is 12.6. The maximum absolute atomic E-state index is 12.6. The van der Waals surface area contributed by atoms with Crippen LogP contribution in [0.5, 0.6) is 0 Å². The molecule has 2 amide bonds. The fourth-order valence-corrected chi connectivity index (χ4v) is 3.78. The molecule has 2 fully saturated rings. The number of likely N-dealkylation sites (tertiary alicyclic amines) is 2. The van der Waals surface area contributed by atoms with E-state index in [1.54, 1.807) is 16.8 Å². The van der Waals surface area contributed by atoms with Gasteiger partial charge in [0.2, 0.25) is 11.8 Å². The minimum absolute atomic E-state index is 0.00507. The summed E-state index contributed by atoms with van der Waals surface area (Å²) in [5, 5.41) is 9.79. The number of hydrogen-bond donors (Lipinski definition) is 1. The Labute approximate surface area is 141 Å². The van der Waals surface area contributed by atoms with Gasteiger partial charge in [-0.05, 0) is 18.4 Å². The summed E-state index contributed by atoms with van der Waals surface area (Å²) in [6, 6.07) is 9.24. The van der Waals surface area contributed by atoms with Crippen molar-refractivity contribution in [2.24, 2.45) is 5.92 Å². The number of rotatable bonds is 3. The molecule has 24 heavy (non-hydrogen) atoms. The van der Waals surface area contributed by atoms with Crippen molar-refractivity contribution in [2.45, 2.75) is 24.7 Å². The lowest BCUT2D eigenvalue weighted by Gasteiger charge is -2.40. The molecule has 1 N–H and O–H groups in total. The van der Waals surface area contributed by atoms with Crippen LogP contribution >= 0.6 is 0 Å². The fourth-order valence-electron chi connectivity index (χ4n) is 3.78. The summed E-state index contributed by atoms with van der Waals surface area (Å²) < 4.78 is 0. The average molecular weight is 330 g/mol. The number of carbonyl (C=O) groups excluding carboxylic acids is 2. The molecule has 1 unspecified atom stereocenters. The molecule has 0 radical (unpaired) electrons. The molecule has 3 rings (SSSR count). The molecule has 6 heteroatoms. The Bertz CT molecular complexity index is 650. The zero-order valence-electron chi connectivity index (χ0n) is 13.8. The van der Waals surface area contributed by atoms with Crippen LogP contribution in [0.25, 0.3) is 0 Å². The van der Waals surface area contributed by atoms with Crippen LogP contribution in [0.2, 0.25) is 0 Å². The molecule has 1 atom stereocenters. The fraction of sp³-hybridized carbons (Fsp3) is 0.500. The van der Waals surface area contributed by atoms with Gasteiger partial charge in [-0.25, -0.2) is 0 Å². The van der Waals surface area contributed by atoms with Crippen LogP contribution in [0.4, 0.5) is 0 Å². The van der Waals surface area contributed by atoms with Gasteiger partial charge in [0.1, 0.15) is 0 Å². The number of carbonyl (C=O) groups is 3. The van der Waals surface area contributed by atoms with Gasteiger partial charge in [0.15, 0.2) is 0 Å². The van der Waals surface area contributed by atoms with Crippen molar-refractivity contribution in [3.05, 3.63) is 35.9 Å². The van der Waals surface area contributed by atoms with E-state index in [0.29, 0.717) is 32.5 Å². The molecular weight excluding hydrogens is 308 g/mol. The number of aliphatic carboxylic acids is 1. The molecule has 1 aromatic rings. The van der Waals surface area contributed by atoms with E-state index >= 15 is 0 Å². The van der Waals surface area contributed by atoms with Gasteiger partial charge in [0.25, 0.3) is 0 Å². The smallest absolute Gasteiger partial charge is 0.314 e. The minimum Gasteiger partial charge on any atom is -0.481 e. The minimum atomic E-state index is -0.930. The van der Waals surface area contributed by atoms with Gasteiger partial charge in [0, 0.05) is 33.1 Å². The van der Waals surface area contributed by atoms with Crippen molar-refractivity contribution in [1.82, 2.24) is 9.80 Å². The van der Waals surface area contributed by atoms with Crippen LogP contribution in [0.1, 0.15) is 24.8 Å². The molecule has 0 aromatic heterocycles. The van der Waals surface area contributed by atoms with E-state index in [9.17, 15) is 19.5 Å². The van der Waals surface area contributed by atoms with E-state index in [1.807, 2.05) is 30.3 Å². The monoisotopic (exact) mass is 330 g/mol. The number of hydrogen-bond acceptors (Lipinski definition) is 3. The molecule has 6 nitrogen and oxygen atoms in total. The highest BCUT2D eigenvalue weighted by atomic mass is 16.4. The molecule has 2 saturated heterocycles. The van der Waals surface area contributed by atoms with E-state index < -0.39 is 11.4 Å². The van der Waals surface area contributed by atoms with Crippen molar-refractivity contribution in [3.63, 3.8) is 0 Å². The van der Waals surface area contributed by atoms with Crippen LogP contribution in [-0.4, -0.2) is 59.4 Å². The molecule has 2 aliphatic heterocycles. The summed E-state index contributed by atoms with van der Waals surface area (Å²) in [6.45, 7) is 1.28. The van der Waals surface area contributed by atoms with Crippen molar-refractivity contribution in [3.8, 4) is 0 Å². The molecule has 0 spiro atoms. The average Bonchev–Trinajstić information content (AvgIpc) is 2.94. The van der Waals surface area contributed by atoms with Crippen molar-refractivity contribution in [2.75, 3.05) is 26.7 Å². The van der Waals surface area contributed by atoms with Gasteiger partial charge in [-0.15, -0.1) is 0 Å². The lowest BCUT2D eigenvalue weighted by atomic mass is 9.72. The molecule has 2 heterocycles. The van der Waals surface area contributed by atoms with Gasteiger partial charge in [-0.1, -0.05) is 30.3 Å². The lowest BCUT2D eigenvalue weighted by Crippen LogP contribution is -2.50. The summed E-state index contributed by atoms with van der Waals surface area (Å²) in [5.41, 5.74) is -0.138. The first-order valence-corrected chi connectivity index (χ1v) is 8.26. The standard InChI is InChI=1S/C18H22N2O4/c1-19-12-13(11-15(19)21)16(22)20-9-7-18(8-10-20,17(23)24)14-5-3-2-4-6-14/h2-6,13H,7-12H2,1H3,(H,23,24). The predicted octanol–water partition coefficient (Wildman–Crippen LogP) is 1.11. The molecular formula is C18H22N2O4. The number of nitrogens with zero attached hydrogens (tertiary/aromatic N) is 2. The summed E-state index contributed by atoms with van der Waals surface area (Å²) in [7, 11) is 1.71. The maximum Gasteiger partial charge on any atom is 0.314 e. The Morgan fingerprint density at radius 2 is 1.79 bits per heavy atom. The van der Waals surface area contributed by atoms with E-state index in [1.165, 1.54) is 0 Å². The number of carboxylic acid groups (broad SMARTS) is 1. The summed E-state index contributed by atoms with van der Waals surface area (Å²) >= 11 is 0. The largest absolute Gasteiger partial charge is 0.481 e. The second-order valence-corrected chi connectivity index (χ2v) is 6.75. The van der Waals surface area contributed by atoms with Crippen LogP contribution in [-0.2, 0) is 19.8 Å². The van der Waals surface area contributed by atoms with Gasteiger partial charge in [0.05, 0.1) is 11.3 Å². The zero-order valence-corrected chi connectivity index (χ0v) is 13.8. The second kappa shape index (κ2) is 6.26. The molecule has 2 aliphatic rings. The predicted molar refractivity (Wildman–Crippen MR) is 87.3 cm³/mol. The van der Waals surface area contributed by atoms with E-state index in [0.717, 1.165) is 5.56 Å². The van der Waals surface area contributed by atoms with Gasteiger partial charge in [-0.3, -0.25) is 14.4 Å². The Kier molecular flexibility index (Phi) is 4.30. The number of carboxylic acids is 1. The highest BCUT2D eigenvalue weighted by Gasteiger charge is 2.45. The quantitative estimate of drug-likeness (QED) is 0.900. The molecule has 0 bridgehead atoms. The Hall–Kier alpha value is -2.37. The van der Waals surface area contributed by atoms with Crippen molar-refractivity contribution >= 4 is 17.8 Å². The van der Waals surface area contributed by atoms with Gasteiger partial charge < -0.3 is 14.9 Å². The summed E-state index contributed by atoms with van der Waals surface area (Å²) in [6.07, 6.45) is 1.05. The van der Waals surface area contributed by atoms with Crippen molar-refractivity contribution in [1.29, 1.82) is 0 Å². The topological polar surface area (TPSA) is 77.9 Å². The first-order valence-electron chi connectivity index (χ1n) is 8.26. The van der Waals surface area contributed by atoms with E-state index in [-0.39, 0.29) is 24.2 Å². The highest BCUT2D eigenvalue weighted by molar-refractivity contribution is 5.89. The van der Waals surface area contributed by atoms with E-state index in [4.69, 9.17) is 0 Å². The first-order chi connectivity index (χ1) is 11.4. The Morgan fingerprint density at radius 1 is 1.17 bits per heavy atom. The normalized spacial score (nSPS) is 23.4. The van der Waals surface area contributed by atoms with Gasteiger partial charge in [-0.2, -0.15) is 0 Å². The third-order valence-electron chi connectivity index (χ3n) is 5.35. The molecule has 128 valence electrons. The van der Waals surface area contributed by atoms with Crippen LogP contribution in [0, 0.1) is 5.92 Å². The zero-order chi connectivity index (χ0) is 17.3. The summed E-state index contributed by atoms with van der Waals surface area (Å²) in [4.78, 5) is 39.5. The SMILES string of the molecule is CN1CC(C(=O)N2CCC(C(=O)O)(c3ccccc3)CC2)CC1=O. The molecule has 1 aromatic carbocycles. The van der Waals surface area contributed by atoms with Gasteiger partial charge >= 0.3 is 5.97 Å². The van der Waals surface area contributed by atoms with Crippen molar-refractivity contribution < 1.29 is 19.5 Å². The first kappa shape index (κ1) is 16.5. The van der Waals surface area contributed by atoms with E-state index in [2.05, 4.69) is 0 Å². The molecule has 0 saturated carbocycles. The third-order valence-corrected chi connectivity index (χ3v) is 5.35. The number of benzene rings is 1. The number of piperidine rings is 1. The number of amides is 2. The van der Waals surface area contributed by atoms with Crippen LogP contribution in [0.15, 0.2) is 30.3 Å². The third kappa shape index (κ3) is 2.77. The Morgan fingerprint density at radius 3 is 2.29 bits per heavy atom.